The molecule has 0 radical (unpaired) electrons. The maximum Gasteiger partial charge on any atom is 0.417 e. The van der Waals surface area contributed by atoms with Crippen molar-refractivity contribution in [2.24, 2.45) is 10.7 Å². The molecule has 2 atom stereocenters. The number of halogens is 1. The molecular formula is C13H15ClN4O2. The van der Waals surface area contributed by atoms with Gasteiger partial charge >= 0.3 is 6.09 Å². The molecule has 0 saturated heterocycles. The van der Waals surface area contributed by atoms with Gasteiger partial charge in [-0.15, -0.1) is 12.4 Å². The average Bonchev–Trinajstić information content (AvgIpc) is 2.79. The molecule has 3 rings (SSSR count). The Morgan fingerprint density at radius 3 is 2.90 bits per heavy atom. The molecular weight excluding hydrogens is 280 g/mol. The fourth-order valence-corrected chi connectivity index (χ4v) is 2.18. The van der Waals surface area contributed by atoms with Crippen LogP contribution in [-0.4, -0.2) is 35.7 Å². The lowest BCUT2D eigenvalue weighted by Gasteiger charge is -2.30. The minimum absolute atomic E-state index is 0. The molecule has 6 nitrogen and oxygen atoms in total. The highest BCUT2D eigenvalue weighted by Crippen LogP contribution is 2.19. The highest BCUT2D eigenvalue weighted by Gasteiger charge is 2.36. The molecule has 0 unspecified atom stereocenters. The number of hydrogen-bond acceptors (Lipinski definition) is 5. The third kappa shape index (κ3) is 2.70. The van der Waals surface area contributed by atoms with E-state index in [1.807, 2.05) is 30.4 Å². The van der Waals surface area contributed by atoms with Crippen LogP contribution in [0, 0.1) is 0 Å². The van der Waals surface area contributed by atoms with Crippen LogP contribution in [0.2, 0.25) is 0 Å². The molecule has 20 heavy (non-hydrogen) atoms. The van der Waals surface area contributed by atoms with Crippen molar-refractivity contribution < 1.29 is 9.53 Å². The number of fused-ring (bicyclic) bond motifs is 1. The van der Waals surface area contributed by atoms with Gasteiger partial charge in [0.05, 0.1) is 6.04 Å². The van der Waals surface area contributed by atoms with Gasteiger partial charge in [-0.1, -0.05) is 30.4 Å². The standard InChI is InChI=1S/C13H14N4O2.ClH/c14-12-15-10-7-4-8-17(11(10)16-12)13(18)19-9-5-2-1-3-6-9;/h1-7,10-11H,8H2,(H3,14,15,16);1H/t10-,11+;/m0./s1. The first kappa shape index (κ1) is 14.2. The predicted octanol–water partition coefficient (Wildman–Crippen LogP) is 1.09. The summed E-state index contributed by atoms with van der Waals surface area (Å²) in [5, 5.41) is 3.00. The van der Waals surface area contributed by atoms with Crippen molar-refractivity contribution in [3.8, 4) is 5.75 Å². The summed E-state index contributed by atoms with van der Waals surface area (Å²) in [5.41, 5.74) is 5.64. The lowest BCUT2D eigenvalue weighted by Crippen LogP contribution is -2.50. The molecule has 2 heterocycles. The van der Waals surface area contributed by atoms with E-state index in [4.69, 9.17) is 10.5 Å². The minimum atomic E-state index is -0.425. The summed E-state index contributed by atoms with van der Waals surface area (Å²) in [6.07, 6.45) is 3.10. The topological polar surface area (TPSA) is 80.0 Å². The molecule has 7 heteroatoms. The quantitative estimate of drug-likeness (QED) is 0.760. The second-order valence-corrected chi connectivity index (χ2v) is 4.36. The van der Waals surface area contributed by atoms with Crippen molar-refractivity contribution in [3.05, 3.63) is 42.5 Å². The third-order valence-electron chi connectivity index (χ3n) is 3.05. The van der Waals surface area contributed by atoms with Crippen LogP contribution in [0.5, 0.6) is 5.75 Å². The number of carbonyl (C=O) groups is 1. The van der Waals surface area contributed by atoms with E-state index >= 15 is 0 Å². The zero-order valence-corrected chi connectivity index (χ0v) is 11.4. The summed E-state index contributed by atoms with van der Waals surface area (Å²) in [6, 6.07) is 8.89. The Kier molecular flexibility index (Phi) is 4.14. The van der Waals surface area contributed by atoms with E-state index in [1.165, 1.54) is 0 Å². The van der Waals surface area contributed by atoms with E-state index < -0.39 is 6.09 Å². The fourth-order valence-electron chi connectivity index (χ4n) is 2.18. The Morgan fingerprint density at radius 1 is 1.40 bits per heavy atom. The number of rotatable bonds is 1. The number of hydrogen-bond donors (Lipinski definition) is 2. The number of amides is 1. The van der Waals surface area contributed by atoms with Gasteiger partial charge in [0.25, 0.3) is 0 Å². The summed E-state index contributed by atoms with van der Waals surface area (Å²) in [4.78, 5) is 17.9. The van der Waals surface area contributed by atoms with Crippen molar-refractivity contribution >= 4 is 24.5 Å². The second kappa shape index (κ2) is 5.83. The first-order chi connectivity index (χ1) is 9.24. The number of nitrogens with one attached hydrogen (secondary N) is 1. The van der Waals surface area contributed by atoms with E-state index in [1.54, 1.807) is 17.0 Å². The first-order valence-electron chi connectivity index (χ1n) is 6.04. The monoisotopic (exact) mass is 294 g/mol. The van der Waals surface area contributed by atoms with Crippen LogP contribution in [-0.2, 0) is 0 Å². The summed E-state index contributed by atoms with van der Waals surface area (Å²) in [5.74, 6) is 0.862. The molecule has 1 aromatic carbocycles. The largest absolute Gasteiger partial charge is 0.417 e. The number of ether oxygens (including phenoxy) is 1. The van der Waals surface area contributed by atoms with Crippen molar-refractivity contribution in [3.63, 3.8) is 0 Å². The lowest BCUT2D eigenvalue weighted by atomic mass is 10.1. The second-order valence-electron chi connectivity index (χ2n) is 4.36. The van der Waals surface area contributed by atoms with Gasteiger partial charge in [0, 0.05) is 6.54 Å². The van der Waals surface area contributed by atoms with Crippen LogP contribution in [0.3, 0.4) is 0 Å². The summed E-state index contributed by atoms with van der Waals surface area (Å²) >= 11 is 0. The average molecular weight is 295 g/mol. The van der Waals surface area contributed by atoms with E-state index in [2.05, 4.69) is 10.3 Å². The molecule has 2 aliphatic rings. The molecule has 1 aromatic rings. The van der Waals surface area contributed by atoms with Crippen molar-refractivity contribution in [1.29, 1.82) is 0 Å². The van der Waals surface area contributed by atoms with Gasteiger partial charge < -0.3 is 15.8 Å². The Labute approximate surface area is 122 Å². The van der Waals surface area contributed by atoms with Crippen LogP contribution in [0.4, 0.5) is 4.79 Å². The number of guanidine groups is 1. The maximum absolute atomic E-state index is 12.1. The summed E-state index contributed by atoms with van der Waals surface area (Å²) in [6.45, 7) is 0.464. The molecule has 1 amide bonds. The van der Waals surface area contributed by atoms with E-state index in [9.17, 15) is 4.79 Å². The van der Waals surface area contributed by atoms with Crippen molar-refractivity contribution in [2.75, 3.05) is 6.54 Å². The van der Waals surface area contributed by atoms with Gasteiger partial charge in [-0.3, -0.25) is 4.90 Å². The molecule has 2 aliphatic heterocycles. The molecule has 0 bridgehead atoms. The summed E-state index contributed by atoms with van der Waals surface area (Å²) < 4.78 is 5.31. The van der Waals surface area contributed by atoms with Crippen LogP contribution in [0.15, 0.2) is 47.5 Å². The number of carbonyl (C=O) groups excluding carboxylic acids is 1. The zero-order chi connectivity index (χ0) is 13.2. The minimum Gasteiger partial charge on any atom is -0.410 e. The SMILES string of the molecule is Cl.NC1=N[C@H]2[C@H](C=CCN2C(=O)Oc2ccccc2)N1. The van der Waals surface area contributed by atoms with Crippen LogP contribution >= 0.6 is 12.4 Å². The van der Waals surface area contributed by atoms with E-state index in [0.29, 0.717) is 18.3 Å². The normalized spacial score (nSPS) is 23.2. The highest BCUT2D eigenvalue weighted by atomic mass is 35.5. The first-order valence-corrected chi connectivity index (χ1v) is 6.04. The van der Waals surface area contributed by atoms with Gasteiger partial charge in [0.2, 0.25) is 0 Å². The Balaban J connectivity index is 0.00000147. The zero-order valence-electron chi connectivity index (χ0n) is 10.6. The molecule has 0 aromatic heterocycles. The predicted molar refractivity (Wildman–Crippen MR) is 77.9 cm³/mol. The molecule has 0 fully saturated rings. The lowest BCUT2D eigenvalue weighted by molar-refractivity contribution is 0.133. The van der Waals surface area contributed by atoms with Crippen molar-refractivity contribution in [1.82, 2.24) is 10.2 Å². The van der Waals surface area contributed by atoms with Gasteiger partial charge in [0.15, 0.2) is 12.1 Å². The number of nitrogens with zero attached hydrogens (tertiary/aromatic N) is 2. The van der Waals surface area contributed by atoms with Crippen molar-refractivity contribution in [2.45, 2.75) is 12.2 Å². The molecule has 0 aliphatic carbocycles. The fraction of sp³-hybridized carbons (Fsp3) is 0.231. The number of nitrogens with two attached hydrogens (primary N) is 1. The van der Waals surface area contributed by atoms with Gasteiger partial charge in [-0.25, -0.2) is 9.79 Å². The number of aliphatic imine (C=N–C) groups is 1. The van der Waals surface area contributed by atoms with Gasteiger partial charge in [0.1, 0.15) is 5.75 Å². The maximum atomic E-state index is 12.1. The van der Waals surface area contributed by atoms with E-state index in [0.717, 1.165) is 0 Å². The Hall–Kier alpha value is -2.21. The van der Waals surface area contributed by atoms with Gasteiger partial charge in [-0.05, 0) is 12.1 Å². The molecule has 0 spiro atoms. The number of benzene rings is 1. The van der Waals surface area contributed by atoms with Crippen LogP contribution < -0.4 is 15.8 Å². The smallest absolute Gasteiger partial charge is 0.410 e. The Morgan fingerprint density at radius 2 is 2.15 bits per heavy atom. The third-order valence-corrected chi connectivity index (χ3v) is 3.05. The highest BCUT2D eigenvalue weighted by molar-refractivity contribution is 5.85. The van der Waals surface area contributed by atoms with Gasteiger partial charge in [-0.2, -0.15) is 0 Å². The Bertz CT molecular complexity index is 547. The van der Waals surface area contributed by atoms with Crippen LogP contribution in [0.25, 0.3) is 0 Å². The van der Waals surface area contributed by atoms with Crippen LogP contribution in [0.1, 0.15) is 0 Å². The summed E-state index contributed by atoms with van der Waals surface area (Å²) in [7, 11) is 0. The molecule has 106 valence electrons. The molecule has 0 saturated carbocycles. The molecule has 3 N–H and O–H groups in total. The number of para-hydroxylation sites is 1. The van der Waals surface area contributed by atoms with E-state index in [-0.39, 0.29) is 24.6 Å².